The fraction of sp³-hybridized carbons (Fsp3) is 0.562. The van der Waals surface area contributed by atoms with Crippen molar-refractivity contribution in [3.05, 3.63) is 35.1 Å². The molecule has 1 aliphatic rings. The topological polar surface area (TPSA) is 30.3 Å². The highest BCUT2D eigenvalue weighted by atomic mass is 19.1. The lowest BCUT2D eigenvalue weighted by Crippen LogP contribution is -2.46. The van der Waals surface area contributed by atoms with Crippen molar-refractivity contribution >= 4 is 0 Å². The maximum atomic E-state index is 13.3. The minimum Gasteiger partial charge on any atom is -0.301 e. The summed E-state index contributed by atoms with van der Waals surface area (Å²) in [6.45, 7) is 10.7. The van der Waals surface area contributed by atoms with Gasteiger partial charge in [-0.15, -0.1) is 0 Å². The summed E-state index contributed by atoms with van der Waals surface area (Å²) in [5, 5.41) is 8.86. The molecule has 0 aliphatic carbocycles. The van der Waals surface area contributed by atoms with E-state index in [0.29, 0.717) is 5.92 Å². The van der Waals surface area contributed by atoms with Crippen molar-refractivity contribution in [2.75, 3.05) is 32.7 Å². The van der Waals surface area contributed by atoms with Gasteiger partial charge in [0.2, 0.25) is 0 Å². The molecule has 0 amide bonds. The van der Waals surface area contributed by atoms with E-state index in [0.717, 1.165) is 44.8 Å². The van der Waals surface area contributed by atoms with Gasteiger partial charge in [-0.2, -0.15) is 5.26 Å². The van der Waals surface area contributed by atoms with Gasteiger partial charge in [0, 0.05) is 39.3 Å². The number of rotatable bonds is 4. The number of piperazine rings is 1. The summed E-state index contributed by atoms with van der Waals surface area (Å²) in [7, 11) is 0. The van der Waals surface area contributed by atoms with Gasteiger partial charge in [0.05, 0.1) is 5.56 Å². The van der Waals surface area contributed by atoms with Crippen molar-refractivity contribution in [3.63, 3.8) is 0 Å². The molecule has 4 heteroatoms. The molecule has 0 unspecified atom stereocenters. The van der Waals surface area contributed by atoms with Crippen LogP contribution in [0.5, 0.6) is 0 Å². The third-order valence-corrected chi connectivity index (χ3v) is 3.65. The van der Waals surface area contributed by atoms with E-state index in [1.807, 2.05) is 6.07 Å². The van der Waals surface area contributed by atoms with Crippen LogP contribution in [0.4, 0.5) is 4.39 Å². The molecular formula is C16H22FN3. The number of nitriles is 1. The molecular weight excluding hydrogens is 253 g/mol. The van der Waals surface area contributed by atoms with Crippen LogP contribution in [0.25, 0.3) is 0 Å². The van der Waals surface area contributed by atoms with E-state index in [4.69, 9.17) is 5.26 Å². The zero-order valence-corrected chi connectivity index (χ0v) is 12.3. The second kappa shape index (κ2) is 6.83. The summed E-state index contributed by atoms with van der Waals surface area (Å²) < 4.78 is 13.3. The van der Waals surface area contributed by atoms with Gasteiger partial charge in [-0.25, -0.2) is 4.39 Å². The van der Waals surface area contributed by atoms with E-state index in [-0.39, 0.29) is 5.56 Å². The molecule has 1 aromatic rings. The molecule has 0 spiro atoms. The molecule has 0 saturated carbocycles. The molecule has 20 heavy (non-hydrogen) atoms. The molecule has 1 fully saturated rings. The molecule has 0 radical (unpaired) electrons. The summed E-state index contributed by atoms with van der Waals surface area (Å²) in [6, 6.07) is 6.73. The van der Waals surface area contributed by atoms with Gasteiger partial charge in [0.1, 0.15) is 11.9 Å². The lowest BCUT2D eigenvalue weighted by Gasteiger charge is -2.35. The predicted molar refractivity (Wildman–Crippen MR) is 77.7 cm³/mol. The second-order valence-electron chi connectivity index (χ2n) is 5.90. The quantitative estimate of drug-likeness (QED) is 0.845. The Bertz CT molecular complexity index is 485. The number of hydrogen-bond acceptors (Lipinski definition) is 3. The number of halogens is 1. The first kappa shape index (κ1) is 15.0. The molecule has 1 aliphatic heterocycles. The fourth-order valence-corrected chi connectivity index (χ4v) is 2.66. The molecule has 3 nitrogen and oxygen atoms in total. The second-order valence-corrected chi connectivity index (χ2v) is 5.90. The lowest BCUT2D eigenvalue weighted by atomic mass is 10.1. The molecule has 2 rings (SSSR count). The van der Waals surface area contributed by atoms with E-state index < -0.39 is 5.82 Å². The average molecular weight is 275 g/mol. The first-order valence-corrected chi connectivity index (χ1v) is 7.21. The normalized spacial score (nSPS) is 17.4. The molecule has 0 N–H and O–H groups in total. The Morgan fingerprint density at radius 2 is 1.85 bits per heavy atom. The smallest absolute Gasteiger partial charge is 0.140 e. The Morgan fingerprint density at radius 1 is 1.20 bits per heavy atom. The predicted octanol–water partition coefficient (Wildman–Crippen LogP) is 2.47. The standard InChI is InChI=1S/C16H22FN3/c1-13(2)11-19-5-7-20(8-6-19)12-14-3-4-16(17)15(9-14)10-18/h3-4,9,13H,5-8,11-12H2,1-2H3. The molecule has 0 aromatic heterocycles. The van der Waals surface area contributed by atoms with Gasteiger partial charge in [-0.05, 0) is 23.6 Å². The number of hydrogen-bond donors (Lipinski definition) is 0. The van der Waals surface area contributed by atoms with Gasteiger partial charge in [-0.1, -0.05) is 19.9 Å². The summed E-state index contributed by atoms with van der Waals surface area (Å²) >= 11 is 0. The summed E-state index contributed by atoms with van der Waals surface area (Å²) in [6.07, 6.45) is 0. The fourth-order valence-electron chi connectivity index (χ4n) is 2.66. The van der Waals surface area contributed by atoms with Crippen LogP contribution in [0.2, 0.25) is 0 Å². The molecule has 1 aromatic carbocycles. The maximum Gasteiger partial charge on any atom is 0.140 e. The van der Waals surface area contributed by atoms with Crippen LogP contribution in [0.15, 0.2) is 18.2 Å². The van der Waals surface area contributed by atoms with Crippen molar-refractivity contribution in [1.82, 2.24) is 9.80 Å². The number of nitrogens with zero attached hydrogens (tertiary/aromatic N) is 3. The monoisotopic (exact) mass is 275 g/mol. The highest BCUT2D eigenvalue weighted by molar-refractivity contribution is 5.34. The van der Waals surface area contributed by atoms with Crippen LogP contribution in [0.1, 0.15) is 25.0 Å². The van der Waals surface area contributed by atoms with Gasteiger partial charge in [0.15, 0.2) is 0 Å². The molecule has 0 atom stereocenters. The highest BCUT2D eigenvalue weighted by Gasteiger charge is 2.17. The summed E-state index contributed by atoms with van der Waals surface area (Å²) in [5.74, 6) is 0.273. The largest absolute Gasteiger partial charge is 0.301 e. The minimum atomic E-state index is -0.432. The Balaban J connectivity index is 1.88. The molecule has 1 heterocycles. The summed E-state index contributed by atoms with van der Waals surface area (Å²) in [4.78, 5) is 4.86. The Morgan fingerprint density at radius 3 is 2.45 bits per heavy atom. The third-order valence-electron chi connectivity index (χ3n) is 3.65. The van der Waals surface area contributed by atoms with Gasteiger partial charge in [-0.3, -0.25) is 4.90 Å². The van der Waals surface area contributed by atoms with Crippen molar-refractivity contribution < 1.29 is 4.39 Å². The molecule has 108 valence electrons. The summed E-state index contributed by atoms with van der Waals surface area (Å²) in [5.41, 5.74) is 1.15. The average Bonchev–Trinajstić information content (AvgIpc) is 2.42. The zero-order valence-electron chi connectivity index (χ0n) is 12.3. The molecule has 1 saturated heterocycles. The minimum absolute atomic E-state index is 0.140. The van der Waals surface area contributed by atoms with Gasteiger partial charge >= 0.3 is 0 Å². The maximum absolute atomic E-state index is 13.3. The Labute approximate surface area is 120 Å². The van der Waals surface area contributed by atoms with Crippen LogP contribution in [0.3, 0.4) is 0 Å². The van der Waals surface area contributed by atoms with Crippen molar-refractivity contribution in [3.8, 4) is 6.07 Å². The van der Waals surface area contributed by atoms with E-state index in [1.165, 1.54) is 6.07 Å². The third kappa shape index (κ3) is 4.03. The highest BCUT2D eigenvalue weighted by Crippen LogP contribution is 2.13. The van der Waals surface area contributed by atoms with Crippen LogP contribution < -0.4 is 0 Å². The lowest BCUT2D eigenvalue weighted by molar-refractivity contribution is 0.117. The van der Waals surface area contributed by atoms with Gasteiger partial charge in [0.25, 0.3) is 0 Å². The first-order chi connectivity index (χ1) is 9.58. The van der Waals surface area contributed by atoms with Crippen molar-refractivity contribution in [2.24, 2.45) is 5.92 Å². The van der Waals surface area contributed by atoms with E-state index in [2.05, 4.69) is 23.6 Å². The van der Waals surface area contributed by atoms with Gasteiger partial charge < -0.3 is 4.90 Å². The van der Waals surface area contributed by atoms with Crippen LogP contribution >= 0.6 is 0 Å². The number of benzene rings is 1. The first-order valence-electron chi connectivity index (χ1n) is 7.21. The van der Waals surface area contributed by atoms with Crippen molar-refractivity contribution in [1.29, 1.82) is 5.26 Å². The van der Waals surface area contributed by atoms with E-state index >= 15 is 0 Å². The Kier molecular flexibility index (Phi) is 5.11. The van der Waals surface area contributed by atoms with E-state index in [9.17, 15) is 4.39 Å². The zero-order chi connectivity index (χ0) is 14.5. The Hall–Kier alpha value is -1.44. The molecule has 0 bridgehead atoms. The van der Waals surface area contributed by atoms with Crippen LogP contribution in [-0.4, -0.2) is 42.5 Å². The van der Waals surface area contributed by atoms with Crippen LogP contribution in [0, 0.1) is 23.1 Å². The SMILES string of the molecule is CC(C)CN1CCN(Cc2ccc(F)c(C#N)c2)CC1. The van der Waals surface area contributed by atoms with Crippen LogP contribution in [-0.2, 0) is 6.54 Å². The van der Waals surface area contributed by atoms with E-state index in [1.54, 1.807) is 12.1 Å². The van der Waals surface area contributed by atoms with Crippen molar-refractivity contribution in [2.45, 2.75) is 20.4 Å².